The molecule has 2 rings (SSSR count). The third-order valence-corrected chi connectivity index (χ3v) is 3.17. The molecule has 102 valence electrons. The lowest BCUT2D eigenvalue weighted by molar-refractivity contribution is -0.146. The molecule has 2 amide bonds. The van der Waals surface area contributed by atoms with Crippen LogP contribution in [0.25, 0.3) is 0 Å². The zero-order chi connectivity index (χ0) is 13.7. The van der Waals surface area contributed by atoms with Gasteiger partial charge in [-0.1, -0.05) is 29.8 Å². The first-order valence-corrected chi connectivity index (χ1v) is 6.50. The van der Waals surface area contributed by atoms with E-state index in [0.29, 0.717) is 19.6 Å². The quantitative estimate of drug-likeness (QED) is 0.739. The van der Waals surface area contributed by atoms with Crippen LogP contribution in [0.4, 0.5) is 0 Å². The summed E-state index contributed by atoms with van der Waals surface area (Å²) in [5.74, 6) is -0.962. The number of hydrogen-bond acceptors (Lipinski definition) is 3. The molecule has 1 aromatic carbocycles. The van der Waals surface area contributed by atoms with E-state index in [9.17, 15) is 9.59 Å². The molecule has 0 radical (unpaired) electrons. The Hall–Kier alpha value is -1.88. The molecule has 1 aromatic rings. The highest BCUT2D eigenvalue weighted by atomic mass is 16.2. The summed E-state index contributed by atoms with van der Waals surface area (Å²) in [6.07, 6.45) is 0. The Balaban J connectivity index is 1.83. The largest absolute Gasteiger partial charge is 0.344 e. The molecule has 1 aliphatic rings. The molecule has 2 N–H and O–H groups in total. The third kappa shape index (κ3) is 3.79. The van der Waals surface area contributed by atoms with Crippen molar-refractivity contribution in [2.75, 3.05) is 26.2 Å². The summed E-state index contributed by atoms with van der Waals surface area (Å²) in [7, 11) is 0. The van der Waals surface area contributed by atoms with Gasteiger partial charge >= 0.3 is 11.8 Å². The summed E-state index contributed by atoms with van der Waals surface area (Å²) in [6.45, 7) is 5.08. The predicted molar refractivity (Wildman–Crippen MR) is 72.5 cm³/mol. The van der Waals surface area contributed by atoms with Gasteiger partial charge in [-0.05, 0) is 12.5 Å². The number of piperazine rings is 1. The average Bonchev–Trinajstić information content (AvgIpc) is 2.46. The molecule has 0 unspecified atom stereocenters. The van der Waals surface area contributed by atoms with Gasteiger partial charge in [-0.3, -0.25) is 9.59 Å². The second-order valence-corrected chi connectivity index (χ2v) is 4.71. The van der Waals surface area contributed by atoms with Crippen LogP contribution < -0.4 is 10.6 Å². The lowest BCUT2D eigenvalue weighted by Crippen LogP contribution is -2.51. The SMILES string of the molecule is Cc1ccc(CNC(=O)C(=O)N2CCNCC2)cc1. The van der Waals surface area contributed by atoms with Crippen molar-refractivity contribution in [3.05, 3.63) is 35.4 Å². The van der Waals surface area contributed by atoms with Crippen molar-refractivity contribution in [1.29, 1.82) is 0 Å². The highest BCUT2D eigenvalue weighted by Crippen LogP contribution is 2.02. The minimum atomic E-state index is -0.525. The van der Waals surface area contributed by atoms with Crippen LogP contribution in [-0.4, -0.2) is 42.9 Å². The van der Waals surface area contributed by atoms with Crippen LogP contribution in [0.5, 0.6) is 0 Å². The van der Waals surface area contributed by atoms with E-state index < -0.39 is 11.8 Å². The van der Waals surface area contributed by atoms with Gasteiger partial charge in [-0.25, -0.2) is 0 Å². The molecular formula is C14H19N3O2. The standard InChI is InChI=1S/C14H19N3O2/c1-11-2-4-12(5-3-11)10-16-13(18)14(19)17-8-6-15-7-9-17/h2-5,15H,6-10H2,1H3,(H,16,18). The summed E-state index contributed by atoms with van der Waals surface area (Å²) in [5, 5.41) is 5.81. The van der Waals surface area contributed by atoms with Gasteiger partial charge < -0.3 is 15.5 Å². The molecule has 0 aromatic heterocycles. The Labute approximate surface area is 113 Å². The van der Waals surface area contributed by atoms with Crippen LogP contribution in [-0.2, 0) is 16.1 Å². The van der Waals surface area contributed by atoms with Crippen LogP contribution in [0.3, 0.4) is 0 Å². The van der Waals surface area contributed by atoms with Gasteiger partial charge in [0, 0.05) is 32.7 Å². The normalized spacial score (nSPS) is 15.1. The maximum absolute atomic E-state index is 11.9. The Morgan fingerprint density at radius 3 is 2.47 bits per heavy atom. The molecule has 0 atom stereocenters. The fourth-order valence-electron chi connectivity index (χ4n) is 1.98. The van der Waals surface area contributed by atoms with Gasteiger partial charge in [-0.15, -0.1) is 0 Å². The number of rotatable bonds is 2. The Kier molecular flexibility index (Phi) is 4.52. The Morgan fingerprint density at radius 2 is 1.84 bits per heavy atom. The summed E-state index contributed by atoms with van der Waals surface area (Å²) < 4.78 is 0. The Morgan fingerprint density at radius 1 is 1.21 bits per heavy atom. The molecule has 0 spiro atoms. The van der Waals surface area contributed by atoms with Crippen molar-refractivity contribution in [3.63, 3.8) is 0 Å². The molecule has 0 bridgehead atoms. The van der Waals surface area contributed by atoms with Crippen molar-refractivity contribution < 1.29 is 9.59 Å². The lowest BCUT2D eigenvalue weighted by Gasteiger charge is -2.26. The fourth-order valence-corrected chi connectivity index (χ4v) is 1.98. The van der Waals surface area contributed by atoms with Gasteiger partial charge in [0.15, 0.2) is 0 Å². The number of nitrogens with one attached hydrogen (secondary N) is 2. The zero-order valence-electron chi connectivity index (χ0n) is 11.1. The first-order chi connectivity index (χ1) is 9.16. The van der Waals surface area contributed by atoms with Crippen molar-refractivity contribution in [2.45, 2.75) is 13.5 Å². The van der Waals surface area contributed by atoms with Gasteiger partial charge in [0.05, 0.1) is 0 Å². The van der Waals surface area contributed by atoms with E-state index in [1.54, 1.807) is 4.90 Å². The van der Waals surface area contributed by atoms with Crippen LogP contribution in [0.2, 0.25) is 0 Å². The minimum absolute atomic E-state index is 0.386. The molecule has 1 heterocycles. The number of carbonyl (C=O) groups excluding carboxylic acids is 2. The van der Waals surface area contributed by atoms with Crippen LogP contribution >= 0.6 is 0 Å². The average molecular weight is 261 g/mol. The molecule has 19 heavy (non-hydrogen) atoms. The fraction of sp³-hybridized carbons (Fsp3) is 0.429. The van der Waals surface area contributed by atoms with Crippen molar-refractivity contribution in [3.8, 4) is 0 Å². The van der Waals surface area contributed by atoms with E-state index in [0.717, 1.165) is 18.7 Å². The lowest BCUT2D eigenvalue weighted by atomic mass is 10.1. The van der Waals surface area contributed by atoms with Crippen molar-refractivity contribution in [2.24, 2.45) is 0 Å². The second kappa shape index (κ2) is 6.33. The first-order valence-electron chi connectivity index (χ1n) is 6.50. The number of benzene rings is 1. The predicted octanol–water partition coefficient (Wildman–Crippen LogP) is 0.0430. The monoisotopic (exact) mass is 261 g/mol. The summed E-state index contributed by atoms with van der Waals surface area (Å²) in [5.41, 5.74) is 2.17. The maximum Gasteiger partial charge on any atom is 0.311 e. The number of aryl methyl sites for hydroxylation is 1. The van der Waals surface area contributed by atoms with Crippen molar-refractivity contribution >= 4 is 11.8 Å². The van der Waals surface area contributed by atoms with Crippen LogP contribution in [0.1, 0.15) is 11.1 Å². The maximum atomic E-state index is 11.9. The van der Waals surface area contributed by atoms with E-state index in [4.69, 9.17) is 0 Å². The van der Waals surface area contributed by atoms with E-state index in [1.165, 1.54) is 5.56 Å². The van der Waals surface area contributed by atoms with Gasteiger partial charge in [-0.2, -0.15) is 0 Å². The van der Waals surface area contributed by atoms with Gasteiger partial charge in [0.25, 0.3) is 0 Å². The second-order valence-electron chi connectivity index (χ2n) is 4.71. The number of nitrogens with zero attached hydrogens (tertiary/aromatic N) is 1. The molecule has 1 saturated heterocycles. The van der Waals surface area contributed by atoms with E-state index in [1.807, 2.05) is 31.2 Å². The zero-order valence-corrected chi connectivity index (χ0v) is 11.1. The van der Waals surface area contributed by atoms with Crippen molar-refractivity contribution in [1.82, 2.24) is 15.5 Å². The minimum Gasteiger partial charge on any atom is -0.344 e. The summed E-state index contributed by atoms with van der Waals surface area (Å²) >= 11 is 0. The number of carbonyl (C=O) groups is 2. The molecule has 0 saturated carbocycles. The third-order valence-electron chi connectivity index (χ3n) is 3.17. The topological polar surface area (TPSA) is 61.4 Å². The molecule has 1 aliphatic heterocycles. The summed E-state index contributed by atoms with van der Waals surface area (Å²) in [4.78, 5) is 25.2. The van der Waals surface area contributed by atoms with E-state index >= 15 is 0 Å². The van der Waals surface area contributed by atoms with Gasteiger partial charge in [0.1, 0.15) is 0 Å². The van der Waals surface area contributed by atoms with E-state index in [-0.39, 0.29) is 0 Å². The van der Waals surface area contributed by atoms with Gasteiger partial charge in [0.2, 0.25) is 0 Å². The highest BCUT2D eigenvalue weighted by molar-refractivity contribution is 6.34. The molecular weight excluding hydrogens is 242 g/mol. The molecule has 5 heteroatoms. The molecule has 5 nitrogen and oxygen atoms in total. The summed E-state index contributed by atoms with van der Waals surface area (Å²) in [6, 6.07) is 7.87. The van der Waals surface area contributed by atoms with Crippen LogP contribution in [0, 0.1) is 6.92 Å². The smallest absolute Gasteiger partial charge is 0.311 e. The number of hydrogen-bond donors (Lipinski definition) is 2. The molecule has 1 fully saturated rings. The highest BCUT2D eigenvalue weighted by Gasteiger charge is 2.22. The molecule has 0 aliphatic carbocycles. The van der Waals surface area contributed by atoms with E-state index in [2.05, 4.69) is 10.6 Å². The Bertz CT molecular complexity index is 450. The van der Waals surface area contributed by atoms with Crippen LogP contribution in [0.15, 0.2) is 24.3 Å². The first kappa shape index (κ1) is 13.5. The number of amides is 2.